The van der Waals surface area contributed by atoms with Crippen molar-refractivity contribution >= 4 is 36.3 Å². The zero-order valence-corrected chi connectivity index (χ0v) is 16.3. The molecule has 3 rings (SSSR count). The molecule has 0 aliphatic heterocycles. The average molecular weight is 385 g/mol. The summed E-state index contributed by atoms with van der Waals surface area (Å²) in [5, 5.41) is 10.0. The Bertz CT molecular complexity index is 1120. The second kappa shape index (κ2) is 8.71. The van der Waals surface area contributed by atoms with Crippen molar-refractivity contribution in [2.24, 2.45) is 0 Å². The van der Waals surface area contributed by atoms with Gasteiger partial charge in [-0.1, -0.05) is 30.9 Å². The van der Waals surface area contributed by atoms with Gasteiger partial charge in [0.2, 0.25) is 0 Å². The van der Waals surface area contributed by atoms with Crippen LogP contribution in [0.1, 0.15) is 18.9 Å². The number of fused-ring (bicyclic) bond motifs is 1. The maximum Gasteiger partial charge on any atom is 0.263 e. The van der Waals surface area contributed by atoms with Crippen LogP contribution in [0.15, 0.2) is 36.4 Å². The lowest BCUT2D eigenvalue weighted by Crippen LogP contribution is -2.36. The highest BCUT2D eigenvalue weighted by Gasteiger charge is 2.16. The molecule has 1 amide bonds. The molecular formula is C21H20BN5O2. The Morgan fingerprint density at radius 3 is 2.83 bits per heavy atom. The first kappa shape index (κ1) is 20.3. The first-order chi connectivity index (χ1) is 13.9. The van der Waals surface area contributed by atoms with Crippen molar-refractivity contribution in [3.63, 3.8) is 0 Å². The molecule has 0 bridgehead atoms. The van der Waals surface area contributed by atoms with Crippen LogP contribution in [0, 0.1) is 11.8 Å². The van der Waals surface area contributed by atoms with Gasteiger partial charge in [0.1, 0.15) is 5.52 Å². The number of nitrogens with zero attached hydrogens (tertiary/aromatic N) is 4. The Morgan fingerprint density at radius 1 is 1.28 bits per heavy atom. The van der Waals surface area contributed by atoms with Crippen LogP contribution in [-0.4, -0.2) is 58.4 Å². The van der Waals surface area contributed by atoms with Crippen LogP contribution in [-0.2, 0) is 4.79 Å². The van der Waals surface area contributed by atoms with Gasteiger partial charge < -0.3 is 15.7 Å². The smallest absolute Gasteiger partial charge is 0.263 e. The Labute approximate surface area is 170 Å². The third-order valence-corrected chi connectivity index (χ3v) is 4.27. The SMILES string of the molecule is [B]c1nc(N)c2nc(-c3cccc(C#C[C@@H](O)C(=O)N(C)CCC)c3)ccc2n1. The fraction of sp³-hybridized carbons (Fsp3) is 0.238. The first-order valence-electron chi connectivity index (χ1n) is 9.13. The highest BCUT2D eigenvalue weighted by atomic mass is 16.3. The Balaban J connectivity index is 1.87. The number of carbonyl (C=O) groups excluding carboxylic acids is 1. The molecule has 1 atom stereocenters. The van der Waals surface area contributed by atoms with E-state index in [1.165, 1.54) is 4.90 Å². The number of hydrogen-bond donors (Lipinski definition) is 2. The van der Waals surface area contributed by atoms with Gasteiger partial charge in [0, 0.05) is 24.7 Å². The normalized spacial score (nSPS) is 11.6. The van der Waals surface area contributed by atoms with Crippen LogP contribution in [0.4, 0.5) is 5.82 Å². The van der Waals surface area contributed by atoms with Gasteiger partial charge in [-0.2, -0.15) is 0 Å². The molecule has 3 N–H and O–H groups in total. The summed E-state index contributed by atoms with van der Waals surface area (Å²) < 4.78 is 0. The van der Waals surface area contributed by atoms with E-state index in [1.807, 2.05) is 25.1 Å². The summed E-state index contributed by atoms with van der Waals surface area (Å²) in [4.78, 5) is 26.1. The number of likely N-dealkylation sites (N-methyl/N-ethyl adjacent to an activating group) is 1. The van der Waals surface area contributed by atoms with Gasteiger partial charge in [0.05, 0.1) is 16.9 Å². The van der Waals surface area contributed by atoms with Gasteiger partial charge in [-0.25, -0.2) is 15.0 Å². The Kier molecular flexibility index (Phi) is 6.10. The third-order valence-electron chi connectivity index (χ3n) is 4.27. The lowest BCUT2D eigenvalue weighted by atomic mass is 10.1. The molecule has 0 aliphatic carbocycles. The molecule has 7 nitrogen and oxygen atoms in total. The van der Waals surface area contributed by atoms with Gasteiger partial charge in [-0.3, -0.25) is 4.79 Å². The summed E-state index contributed by atoms with van der Waals surface area (Å²) in [6.07, 6.45) is -0.554. The molecule has 0 saturated heterocycles. The van der Waals surface area contributed by atoms with Gasteiger partial charge in [-0.05, 0) is 30.7 Å². The number of amides is 1. The van der Waals surface area contributed by atoms with Crippen molar-refractivity contribution in [2.75, 3.05) is 19.3 Å². The van der Waals surface area contributed by atoms with Crippen molar-refractivity contribution in [1.29, 1.82) is 0 Å². The van der Waals surface area contributed by atoms with Crippen molar-refractivity contribution in [3.05, 3.63) is 42.0 Å². The predicted octanol–water partition coefficient (Wildman–Crippen LogP) is 0.649. The number of carbonyl (C=O) groups is 1. The van der Waals surface area contributed by atoms with E-state index < -0.39 is 12.0 Å². The number of pyridine rings is 1. The third kappa shape index (κ3) is 4.70. The molecule has 0 spiro atoms. The minimum absolute atomic E-state index is 0.0968. The standard InChI is InChI=1S/C21H20BN5O2/c1-3-11-27(2)20(29)17(28)10-7-13-5-4-6-14(12-13)15-8-9-16-18(24-15)19(23)26-21(22)25-16/h4-6,8-9,12,17,28H,3,11H2,1-2H3,(H2,23,25,26)/t17-/m1/s1. The minimum atomic E-state index is -1.36. The lowest BCUT2D eigenvalue weighted by Gasteiger charge is -2.16. The molecule has 1 aromatic carbocycles. The lowest BCUT2D eigenvalue weighted by molar-refractivity contribution is -0.136. The van der Waals surface area contributed by atoms with Crippen molar-refractivity contribution < 1.29 is 9.90 Å². The number of rotatable bonds is 4. The number of aromatic nitrogens is 3. The number of benzene rings is 1. The van der Waals surface area contributed by atoms with Crippen molar-refractivity contribution in [3.8, 4) is 23.1 Å². The molecule has 0 aliphatic rings. The Morgan fingerprint density at radius 2 is 2.07 bits per heavy atom. The zero-order chi connectivity index (χ0) is 21.0. The summed E-state index contributed by atoms with van der Waals surface area (Å²) in [6, 6.07) is 10.9. The largest absolute Gasteiger partial charge is 0.382 e. The van der Waals surface area contributed by atoms with Crippen LogP contribution in [0.3, 0.4) is 0 Å². The van der Waals surface area contributed by atoms with Crippen molar-refractivity contribution in [2.45, 2.75) is 19.4 Å². The van der Waals surface area contributed by atoms with Crippen LogP contribution < -0.4 is 11.5 Å². The summed E-state index contributed by atoms with van der Waals surface area (Å²) in [5.41, 5.74) is 9.16. The zero-order valence-electron chi connectivity index (χ0n) is 16.3. The van der Waals surface area contributed by atoms with Gasteiger partial charge >= 0.3 is 0 Å². The molecule has 2 heterocycles. The first-order valence-corrected chi connectivity index (χ1v) is 9.13. The summed E-state index contributed by atoms with van der Waals surface area (Å²) in [7, 11) is 7.26. The molecule has 2 aromatic heterocycles. The predicted molar refractivity (Wildman–Crippen MR) is 113 cm³/mol. The highest BCUT2D eigenvalue weighted by molar-refractivity contribution is 6.29. The van der Waals surface area contributed by atoms with Crippen LogP contribution in [0.2, 0.25) is 0 Å². The highest BCUT2D eigenvalue weighted by Crippen LogP contribution is 2.22. The van der Waals surface area contributed by atoms with Crippen LogP contribution >= 0.6 is 0 Å². The molecule has 0 fully saturated rings. The maximum atomic E-state index is 12.1. The van der Waals surface area contributed by atoms with Crippen LogP contribution in [0.25, 0.3) is 22.3 Å². The summed E-state index contributed by atoms with van der Waals surface area (Å²) in [6.45, 7) is 2.53. The average Bonchev–Trinajstić information content (AvgIpc) is 2.71. The van der Waals surface area contributed by atoms with Gasteiger partial charge in [0.15, 0.2) is 19.8 Å². The van der Waals surface area contributed by atoms with E-state index in [9.17, 15) is 9.90 Å². The Hall–Kier alpha value is -3.44. The molecule has 0 saturated carbocycles. The maximum absolute atomic E-state index is 12.1. The second-order valence-electron chi connectivity index (χ2n) is 6.54. The molecule has 144 valence electrons. The monoisotopic (exact) mass is 385 g/mol. The van der Waals surface area contributed by atoms with E-state index in [0.717, 1.165) is 12.0 Å². The van der Waals surface area contributed by atoms with Crippen molar-refractivity contribution in [1.82, 2.24) is 19.9 Å². The number of nitrogen functional groups attached to an aromatic ring is 1. The van der Waals surface area contributed by atoms with E-state index in [0.29, 0.717) is 28.8 Å². The minimum Gasteiger partial charge on any atom is -0.382 e. The second-order valence-corrected chi connectivity index (χ2v) is 6.54. The molecule has 29 heavy (non-hydrogen) atoms. The summed E-state index contributed by atoms with van der Waals surface area (Å²) in [5.74, 6) is 5.24. The van der Waals surface area contributed by atoms with E-state index in [-0.39, 0.29) is 11.5 Å². The number of nitrogens with two attached hydrogens (primary N) is 1. The number of hydrogen-bond acceptors (Lipinski definition) is 6. The van der Waals surface area contributed by atoms with Gasteiger partial charge in [-0.15, -0.1) is 0 Å². The number of anilines is 1. The van der Waals surface area contributed by atoms with E-state index in [4.69, 9.17) is 13.6 Å². The molecule has 2 radical (unpaired) electrons. The fourth-order valence-electron chi connectivity index (χ4n) is 2.84. The molecule has 8 heteroatoms. The van der Waals surface area contributed by atoms with E-state index >= 15 is 0 Å². The molecule has 0 unspecified atom stereocenters. The molecular weight excluding hydrogens is 365 g/mol. The number of aliphatic hydroxyl groups excluding tert-OH is 1. The van der Waals surface area contributed by atoms with E-state index in [1.54, 1.807) is 25.2 Å². The topological polar surface area (TPSA) is 105 Å². The summed E-state index contributed by atoms with van der Waals surface area (Å²) >= 11 is 0. The molecule has 3 aromatic rings. The number of aliphatic hydroxyl groups is 1. The van der Waals surface area contributed by atoms with Crippen LogP contribution in [0.5, 0.6) is 0 Å². The fourth-order valence-corrected chi connectivity index (χ4v) is 2.84. The van der Waals surface area contributed by atoms with E-state index in [2.05, 4.69) is 26.8 Å². The van der Waals surface area contributed by atoms with Gasteiger partial charge in [0.25, 0.3) is 5.91 Å². The quantitative estimate of drug-likeness (QED) is 0.505.